The minimum atomic E-state index is 0.189. The lowest BCUT2D eigenvalue weighted by molar-refractivity contribution is 0.0348. The molecule has 0 aliphatic carbocycles. The zero-order valence-corrected chi connectivity index (χ0v) is 11.8. The predicted octanol–water partition coefficient (Wildman–Crippen LogP) is 3.01. The molecule has 0 saturated carbocycles. The van der Waals surface area contributed by atoms with E-state index in [9.17, 15) is 0 Å². The Morgan fingerprint density at radius 2 is 1.50 bits per heavy atom. The molecule has 1 rings (SSSR count). The molecule has 16 heavy (non-hydrogen) atoms. The van der Waals surface area contributed by atoms with Crippen LogP contribution in [0.3, 0.4) is 0 Å². The highest BCUT2D eigenvalue weighted by molar-refractivity contribution is 5.03. The van der Waals surface area contributed by atoms with E-state index in [0.29, 0.717) is 0 Å². The van der Waals surface area contributed by atoms with Crippen LogP contribution < -0.4 is 5.73 Å². The molecule has 0 radical (unpaired) electrons. The number of likely N-dealkylation sites (tertiary alicyclic amines) is 1. The van der Waals surface area contributed by atoms with Crippen molar-refractivity contribution in [1.82, 2.24) is 4.90 Å². The van der Waals surface area contributed by atoms with Crippen LogP contribution in [0.4, 0.5) is 0 Å². The highest BCUT2D eigenvalue weighted by atomic mass is 15.2. The van der Waals surface area contributed by atoms with Crippen molar-refractivity contribution in [2.75, 3.05) is 13.1 Å². The van der Waals surface area contributed by atoms with Crippen molar-refractivity contribution in [2.24, 2.45) is 11.1 Å². The summed E-state index contributed by atoms with van der Waals surface area (Å²) >= 11 is 0. The second-order valence-electron chi connectivity index (χ2n) is 6.35. The third-order valence-corrected chi connectivity index (χ3v) is 4.47. The van der Waals surface area contributed by atoms with Gasteiger partial charge in [0.05, 0.1) is 0 Å². The molecule has 0 aromatic rings. The SMILES string of the molecule is CCC(CC)(C(N)C(C)(C)C)N1CCCC1. The molecular weight excluding hydrogens is 196 g/mol. The van der Waals surface area contributed by atoms with E-state index >= 15 is 0 Å². The molecule has 1 unspecified atom stereocenters. The van der Waals surface area contributed by atoms with E-state index in [-0.39, 0.29) is 17.0 Å². The van der Waals surface area contributed by atoms with E-state index in [4.69, 9.17) is 5.73 Å². The lowest BCUT2D eigenvalue weighted by Gasteiger charge is -2.50. The highest BCUT2D eigenvalue weighted by Gasteiger charge is 2.44. The minimum Gasteiger partial charge on any atom is -0.326 e. The van der Waals surface area contributed by atoms with Crippen LogP contribution in [0, 0.1) is 5.41 Å². The maximum atomic E-state index is 6.59. The van der Waals surface area contributed by atoms with Gasteiger partial charge in [0, 0.05) is 11.6 Å². The summed E-state index contributed by atoms with van der Waals surface area (Å²) < 4.78 is 0. The first-order valence-corrected chi connectivity index (χ1v) is 6.89. The van der Waals surface area contributed by atoms with Crippen LogP contribution in [0.25, 0.3) is 0 Å². The Balaban J connectivity index is 2.94. The molecule has 0 bridgehead atoms. The van der Waals surface area contributed by atoms with E-state index < -0.39 is 0 Å². The fraction of sp³-hybridized carbons (Fsp3) is 1.00. The summed E-state index contributed by atoms with van der Waals surface area (Å²) in [6.45, 7) is 13.9. The maximum Gasteiger partial charge on any atom is 0.0360 e. The Hall–Kier alpha value is -0.0800. The average Bonchev–Trinajstić information content (AvgIpc) is 2.73. The van der Waals surface area contributed by atoms with E-state index in [1.54, 1.807) is 0 Å². The van der Waals surface area contributed by atoms with Gasteiger partial charge in [0.25, 0.3) is 0 Å². The predicted molar refractivity (Wildman–Crippen MR) is 71.6 cm³/mol. The maximum absolute atomic E-state index is 6.59. The molecule has 1 heterocycles. The number of rotatable bonds is 4. The first-order valence-electron chi connectivity index (χ1n) is 6.89. The lowest BCUT2D eigenvalue weighted by Crippen LogP contribution is -2.63. The average molecular weight is 226 g/mol. The number of nitrogens with zero attached hydrogens (tertiary/aromatic N) is 1. The third kappa shape index (κ3) is 2.43. The van der Waals surface area contributed by atoms with Crippen LogP contribution in [-0.2, 0) is 0 Å². The topological polar surface area (TPSA) is 29.3 Å². The molecule has 1 fully saturated rings. The molecule has 0 spiro atoms. The molecule has 96 valence electrons. The Morgan fingerprint density at radius 3 is 1.81 bits per heavy atom. The molecule has 1 saturated heterocycles. The summed E-state index contributed by atoms with van der Waals surface area (Å²) in [4.78, 5) is 2.66. The van der Waals surface area contributed by atoms with Gasteiger partial charge in [-0.05, 0) is 44.2 Å². The summed E-state index contributed by atoms with van der Waals surface area (Å²) in [5.74, 6) is 0. The van der Waals surface area contributed by atoms with E-state index in [1.807, 2.05) is 0 Å². The normalized spacial score (nSPS) is 21.4. The van der Waals surface area contributed by atoms with Gasteiger partial charge in [0.2, 0.25) is 0 Å². The van der Waals surface area contributed by atoms with Crippen LogP contribution in [0.1, 0.15) is 60.3 Å². The summed E-state index contributed by atoms with van der Waals surface area (Å²) in [6, 6.07) is 0.257. The zero-order valence-electron chi connectivity index (χ0n) is 11.8. The molecule has 2 N–H and O–H groups in total. The van der Waals surface area contributed by atoms with Crippen molar-refractivity contribution in [3.8, 4) is 0 Å². The van der Waals surface area contributed by atoms with Crippen LogP contribution in [0.2, 0.25) is 0 Å². The van der Waals surface area contributed by atoms with Gasteiger partial charge in [-0.25, -0.2) is 0 Å². The Labute approximate surface area is 102 Å². The van der Waals surface area contributed by atoms with Crippen LogP contribution in [-0.4, -0.2) is 29.6 Å². The quantitative estimate of drug-likeness (QED) is 0.798. The lowest BCUT2D eigenvalue weighted by atomic mass is 9.71. The monoisotopic (exact) mass is 226 g/mol. The van der Waals surface area contributed by atoms with Crippen LogP contribution in [0.5, 0.6) is 0 Å². The number of nitrogens with two attached hydrogens (primary N) is 1. The summed E-state index contributed by atoms with van der Waals surface area (Å²) in [5, 5.41) is 0. The molecule has 1 aliphatic rings. The van der Waals surface area contributed by atoms with Crippen LogP contribution >= 0.6 is 0 Å². The van der Waals surface area contributed by atoms with Crippen molar-refractivity contribution in [3.63, 3.8) is 0 Å². The smallest absolute Gasteiger partial charge is 0.0360 e. The fourth-order valence-electron chi connectivity index (χ4n) is 3.30. The first kappa shape index (κ1) is 14.0. The largest absolute Gasteiger partial charge is 0.326 e. The number of hydrogen-bond acceptors (Lipinski definition) is 2. The number of hydrogen-bond donors (Lipinski definition) is 1. The van der Waals surface area contributed by atoms with Gasteiger partial charge < -0.3 is 5.73 Å². The standard InChI is InChI=1S/C14H30N2/c1-6-14(7-2,12(15)13(3,4)5)16-10-8-9-11-16/h12H,6-11,15H2,1-5H3. The summed E-state index contributed by atoms with van der Waals surface area (Å²) in [6.07, 6.45) is 5.03. The van der Waals surface area contributed by atoms with Crippen molar-refractivity contribution in [3.05, 3.63) is 0 Å². The second kappa shape index (κ2) is 5.05. The van der Waals surface area contributed by atoms with E-state index in [1.165, 1.54) is 38.8 Å². The summed E-state index contributed by atoms with van der Waals surface area (Å²) in [5.41, 5.74) is 7.00. The van der Waals surface area contributed by atoms with Gasteiger partial charge in [0.15, 0.2) is 0 Å². The van der Waals surface area contributed by atoms with Gasteiger partial charge in [-0.3, -0.25) is 4.90 Å². The van der Waals surface area contributed by atoms with Gasteiger partial charge >= 0.3 is 0 Å². The van der Waals surface area contributed by atoms with Gasteiger partial charge in [0.1, 0.15) is 0 Å². The second-order valence-corrected chi connectivity index (χ2v) is 6.35. The fourth-order valence-corrected chi connectivity index (χ4v) is 3.30. The zero-order chi connectivity index (χ0) is 12.4. The van der Waals surface area contributed by atoms with Gasteiger partial charge in [-0.15, -0.1) is 0 Å². The van der Waals surface area contributed by atoms with Gasteiger partial charge in [-0.2, -0.15) is 0 Å². The van der Waals surface area contributed by atoms with E-state index in [0.717, 1.165) is 0 Å². The van der Waals surface area contributed by atoms with E-state index in [2.05, 4.69) is 39.5 Å². The van der Waals surface area contributed by atoms with Crippen molar-refractivity contribution >= 4 is 0 Å². The molecule has 1 atom stereocenters. The van der Waals surface area contributed by atoms with Gasteiger partial charge in [-0.1, -0.05) is 34.6 Å². The van der Waals surface area contributed by atoms with Crippen molar-refractivity contribution < 1.29 is 0 Å². The Kier molecular flexibility index (Phi) is 4.42. The van der Waals surface area contributed by atoms with Crippen LogP contribution in [0.15, 0.2) is 0 Å². The Bertz CT molecular complexity index is 207. The highest BCUT2D eigenvalue weighted by Crippen LogP contribution is 2.37. The molecule has 1 aliphatic heterocycles. The van der Waals surface area contributed by atoms with Crippen molar-refractivity contribution in [2.45, 2.75) is 71.9 Å². The minimum absolute atomic E-state index is 0.189. The molecule has 0 aromatic heterocycles. The first-order chi connectivity index (χ1) is 7.38. The molecular formula is C14H30N2. The molecule has 2 heteroatoms. The summed E-state index contributed by atoms with van der Waals surface area (Å²) in [7, 11) is 0. The molecule has 0 amide bonds. The third-order valence-electron chi connectivity index (χ3n) is 4.47. The molecule has 2 nitrogen and oxygen atoms in total. The Morgan fingerprint density at radius 1 is 1.06 bits per heavy atom. The van der Waals surface area contributed by atoms with Crippen molar-refractivity contribution in [1.29, 1.82) is 0 Å². The molecule has 0 aromatic carbocycles.